The summed E-state index contributed by atoms with van der Waals surface area (Å²) >= 11 is 2.01. The van der Waals surface area contributed by atoms with Gasteiger partial charge in [0.05, 0.1) is 11.2 Å². The lowest BCUT2D eigenvalue weighted by Crippen LogP contribution is -2.49. The van der Waals surface area contributed by atoms with Gasteiger partial charge in [-0.2, -0.15) is 4.98 Å². The molecule has 2 atom stereocenters. The molecule has 0 radical (unpaired) electrons. The maximum atomic E-state index is 16.2. The Kier molecular flexibility index (Phi) is 10.9. The van der Waals surface area contributed by atoms with Gasteiger partial charge in [-0.05, 0) is 131 Å². The van der Waals surface area contributed by atoms with E-state index in [4.69, 9.17) is 4.98 Å². The maximum absolute atomic E-state index is 16.2. The van der Waals surface area contributed by atoms with Crippen LogP contribution in [0.3, 0.4) is 0 Å². The van der Waals surface area contributed by atoms with Gasteiger partial charge in [0.15, 0.2) is 5.82 Å². The lowest BCUT2D eigenvalue weighted by Gasteiger charge is -2.52. The Morgan fingerprint density at radius 2 is 1.73 bits per heavy atom. The van der Waals surface area contributed by atoms with Crippen LogP contribution in [0.4, 0.5) is 27.5 Å². The molecule has 0 bridgehead atoms. The number of anilines is 4. The summed E-state index contributed by atoms with van der Waals surface area (Å²) in [5, 5.41) is 6.41. The topological polar surface area (TPSA) is 138 Å². The van der Waals surface area contributed by atoms with Crippen molar-refractivity contribution in [2.75, 3.05) is 47.8 Å². The predicted molar refractivity (Wildman–Crippen MR) is 240 cm³/mol. The normalized spacial score (nSPS) is 23.9. The molecule has 1 spiro atoms. The van der Waals surface area contributed by atoms with Crippen LogP contribution >= 0.6 is 11.8 Å². The monoisotopic (exact) mass is 863 g/mol. The summed E-state index contributed by atoms with van der Waals surface area (Å²) in [4.78, 5) is 68.5. The molecule has 2 aliphatic carbocycles. The Labute approximate surface area is 366 Å². The number of thioether (sulfide) groups is 1. The minimum Gasteiger partial charge on any atom is -0.369 e. The third kappa shape index (κ3) is 7.60. The van der Waals surface area contributed by atoms with Crippen molar-refractivity contribution in [1.82, 2.24) is 29.3 Å². The molecule has 2 aromatic heterocycles. The molecule has 2 unspecified atom stereocenters. The summed E-state index contributed by atoms with van der Waals surface area (Å²) in [5.41, 5.74) is 4.25. The highest BCUT2D eigenvalue weighted by Crippen LogP contribution is 2.55. The van der Waals surface area contributed by atoms with Crippen LogP contribution in [0.25, 0.3) is 11.0 Å². The molecule has 5 fully saturated rings. The number of aromatic nitrogens is 4. The highest BCUT2D eigenvalue weighted by atomic mass is 32.2. The number of imidazole rings is 1. The molecule has 62 heavy (non-hydrogen) atoms. The molecule has 3 amide bonds. The molecule has 328 valence electrons. The molecule has 2 N–H and O–H groups in total. The van der Waals surface area contributed by atoms with Gasteiger partial charge in [-0.3, -0.25) is 33.7 Å². The second kappa shape index (κ2) is 16.4. The molecule has 15 heteroatoms. The van der Waals surface area contributed by atoms with Crippen molar-refractivity contribution in [3.05, 3.63) is 64.0 Å². The molecule has 4 aliphatic heterocycles. The van der Waals surface area contributed by atoms with Crippen molar-refractivity contribution in [2.45, 2.75) is 120 Å². The number of amides is 3. The lowest BCUT2D eigenvalue weighted by atomic mass is 9.63. The zero-order valence-corrected chi connectivity index (χ0v) is 36.9. The van der Waals surface area contributed by atoms with Gasteiger partial charge in [0, 0.05) is 72.7 Å². The molecular formula is C47H58FN9O4S. The molecule has 2 saturated carbocycles. The van der Waals surface area contributed by atoms with Crippen LogP contribution in [0.2, 0.25) is 0 Å². The summed E-state index contributed by atoms with van der Waals surface area (Å²) in [6.07, 6.45) is 14.3. The Morgan fingerprint density at radius 3 is 2.45 bits per heavy atom. The minimum absolute atomic E-state index is 0.0405. The van der Waals surface area contributed by atoms with Gasteiger partial charge in [0.25, 0.3) is 0 Å². The zero-order valence-electron chi connectivity index (χ0n) is 36.1. The molecular weight excluding hydrogens is 806 g/mol. The Bertz CT molecular complexity index is 2470. The highest BCUT2D eigenvalue weighted by Gasteiger charge is 2.46. The standard InChI is InChI=1S/C47H58FN9O4S/c1-28-23-33(8-9-35(28)50-45-49-26-31-22-29(2)44(60)56(42(31)52-45)32-6-4-5-7-32)62-34-24-47(25-34)16-20-54(21-17-47)27-30-14-18-55(19-15-30)36-10-11-37-41(40(36)48)53(3)46(61)57(37)38-12-13-39(58)51-43(38)59/h8-11,23,26,29-30,32,34,38H,4-7,12-22,24-25,27H2,1-3H3,(H,49,50,52)(H,51,58,59). The van der Waals surface area contributed by atoms with Crippen LogP contribution in [0.5, 0.6) is 0 Å². The van der Waals surface area contributed by atoms with Gasteiger partial charge in [-0.15, -0.1) is 11.8 Å². The number of likely N-dealkylation sites (tertiary alicyclic amines) is 1. The number of aryl methyl sites for hydroxylation is 2. The first-order valence-electron chi connectivity index (χ1n) is 22.9. The first kappa shape index (κ1) is 41.3. The number of benzene rings is 2. The van der Waals surface area contributed by atoms with Crippen molar-refractivity contribution >= 4 is 63.7 Å². The fourth-order valence-electron chi connectivity index (χ4n) is 11.5. The molecule has 2 aromatic carbocycles. The van der Waals surface area contributed by atoms with E-state index in [1.54, 1.807) is 19.2 Å². The largest absolute Gasteiger partial charge is 0.369 e. The number of halogens is 1. The van der Waals surface area contributed by atoms with E-state index in [1.165, 1.54) is 39.7 Å². The minimum atomic E-state index is -0.841. The SMILES string of the molecule is Cc1cc(SC2CC3(CCN(CC4CCN(c5ccc6c(c5F)n(C)c(=O)n6C5CCC(=O)NC5=O)CC4)CC3)C2)ccc1Nc1ncc2c(n1)N(C1CCCC1)C(=O)C(C)C2. The summed E-state index contributed by atoms with van der Waals surface area (Å²) in [6, 6.07) is 9.51. The smallest absolute Gasteiger partial charge is 0.329 e. The van der Waals surface area contributed by atoms with Crippen LogP contribution < -0.4 is 26.1 Å². The summed E-state index contributed by atoms with van der Waals surface area (Å²) in [6.45, 7) is 9.01. The third-order valence-corrected chi connectivity index (χ3v) is 16.3. The number of nitrogens with zero attached hydrogens (tertiary/aromatic N) is 7. The van der Waals surface area contributed by atoms with Crippen molar-refractivity contribution in [3.63, 3.8) is 0 Å². The Hall–Kier alpha value is -4.76. The Morgan fingerprint density at radius 1 is 0.968 bits per heavy atom. The summed E-state index contributed by atoms with van der Waals surface area (Å²) in [7, 11) is 1.54. The second-order valence-corrected chi connectivity index (χ2v) is 20.6. The number of rotatable bonds is 9. The maximum Gasteiger partial charge on any atom is 0.329 e. The molecule has 4 aromatic rings. The zero-order chi connectivity index (χ0) is 42.9. The van der Waals surface area contributed by atoms with E-state index in [9.17, 15) is 19.2 Å². The molecule has 6 heterocycles. The first-order valence-corrected chi connectivity index (χ1v) is 23.8. The van der Waals surface area contributed by atoms with Gasteiger partial charge in [0.1, 0.15) is 17.4 Å². The average Bonchev–Trinajstić information content (AvgIpc) is 3.86. The number of piperidine rings is 3. The van der Waals surface area contributed by atoms with Crippen LogP contribution in [0, 0.1) is 30.0 Å². The van der Waals surface area contributed by atoms with Crippen molar-refractivity contribution in [1.29, 1.82) is 0 Å². The Balaban J connectivity index is 0.692. The van der Waals surface area contributed by atoms with Gasteiger partial charge in [0.2, 0.25) is 23.7 Å². The molecule has 10 rings (SSSR count). The van der Waals surface area contributed by atoms with Crippen LogP contribution in [-0.4, -0.2) is 85.7 Å². The van der Waals surface area contributed by atoms with Gasteiger partial charge in [-0.25, -0.2) is 14.2 Å². The number of imide groups is 1. The third-order valence-electron chi connectivity index (χ3n) is 15.1. The van der Waals surface area contributed by atoms with E-state index < -0.39 is 23.5 Å². The van der Waals surface area contributed by atoms with Gasteiger partial charge >= 0.3 is 5.69 Å². The molecule has 13 nitrogen and oxygen atoms in total. The second-order valence-electron chi connectivity index (χ2n) is 19.2. The number of carbonyl (C=O) groups excluding carboxylic acids is 3. The van der Waals surface area contributed by atoms with E-state index in [0.717, 1.165) is 93.9 Å². The number of hydrogen-bond donors (Lipinski definition) is 2. The summed E-state index contributed by atoms with van der Waals surface area (Å²) in [5.74, 6) is 0.721. The van der Waals surface area contributed by atoms with E-state index in [-0.39, 0.29) is 42.1 Å². The lowest BCUT2D eigenvalue weighted by molar-refractivity contribution is -0.135. The fraction of sp³-hybridized carbons (Fsp3) is 0.574. The van der Waals surface area contributed by atoms with E-state index >= 15 is 4.39 Å². The molecule has 3 saturated heterocycles. The first-order chi connectivity index (χ1) is 29.9. The number of fused-ring (bicyclic) bond motifs is 2. The van der Waals surface area contributed by atoms with Crippen molar-refractivity contribution < 1.29 is 18.8 Å². The van der Waals surface area contributed by atoms with E-state index in [1.807, 2.05) is 29.8 Å². The number of carbonyl (C=O) groups is 3. The van der Waals surface area contributed by atoms with Crippen LogP contribution in [0.1, 0.15) is 101 Å². The quantitative estimate of drug-likeness (QED) is 0.169. The highest BCUT2D eigenvalue weighted by molar-refractivity contribution is 8.00. The van der Waals surface area contributed by atoms with E-state index in [0.29, 0.717) is 40.2 Å². The van der Waals surface area contributed by atoms with Crippen LogP contribution in [0.15, 0.2) is 46.2 Å². The van der Waals surface area contributed by atoms with Gasteiger partial charge < -0.3 is 15.1 Å². The average molecular weight is 864 g/mol. The van der Waals surface area contributed by atoms with Crippen LogP contribution in [-0.2, 0) is 27.9 Å². The number of nitrogens with one attached hydrogen (secondary N) is 2. The van der Waals surface area contributed by atoms with Crippen molar-refractivity contribution in [2.24, 2.45) is 24.3 Å². The van der Waals surface area contributed by atoms with E-state index in [2.05, 4.69) is 50.5 Å². The van der Waals surface area contributed by atoms with Crippen molar-refractivity contribution in [3.8, 4) is 0 Å². The summed E-state index contributed by atoms with van der Waals surface area (Å²) < 4.78 is 18.8. The van der Waals surface area contributed by atoms with Gasteiger partial charge in [-0.1, -0.05) is 19.8 Å². The molecule has 6 aliphatic rings. The predicted octanol–water partition coefficient (Wildman–Crippen LogP) is 7.02. The fourth-order valence-corrected chi connectivity index (χ4v) is 13.1. The number of hydrogen-bond acceptors (Lipinski definition) is 10.